The molecule has 0 aromatic heterocycles. The van der Waals surface area contributed by atoms with Gasteiger partial charge in [-0.25, -0.2) is 0 Å². The Labute approximate surface area is 85.6 Å². The van der Waals surface area contributed by atoms with Crippen LogP contribution in [-0.2, 0) is 4.79 Å². The second-order valence-corrected chi connectivity index (χ2v) is 4.62. The highest BCUT2D eigenvalue weighted by molar-refractivity contribution is 5.76. The van der Waals surface area contributed by atoms with E-state index in [0.717, 1.165) is 26.1 Å². The van der Waals surface area contributed by atoms with Crippen LogP contribution >= 0.6 is 0 Å². The molecular formula is C10H21N3O. The molecule has 1 amide bonds. The van der Waals surface area contributed by atoms with Gasteiger partial charge in [0, 0.05) is 31.6 Å². The first-order valence-electron chi connectivity index (χ1n) is 5.26. The SMILES string of the molecule is CC1CC(N)CN(CC(C)C(N)=O)C1. The van der Waals surface area contributed by atoms with Gasteiger partial charge in [-0.2, -0.15) is 0 Å². The molecule has 1 saturated heterocycles. The Morgan fingerprint density at radius 3 is 2.71 bits per heavy atom. The fourth-order valence-electron chi connectivity index (χ4n) is 2.14. The van der Waals surface area contributed by atoms with Gasteiger partial charge in [-0.15, -0.1) is 0 Å². The summed E-state index contributed by atoms with van der Waals surface area (Å²) in [5.74, 6) is 0.322. The number of nitrogens with two attached hydrogens (primary N) is 2. The van der Waals surface area contributed by atoms with Crippen LogP contribution in [0.1, 0.15) is 20.3 Å². The zero-order valence-electron chi connectivity index (χ0n) is 9.07. The Hall–Kier alpha value is -0.610. The summed E-state index contributed by atoms with van der Waals surface area (Å²) in [6.07, 6.45) is 1.08. The molecule has 1 fully saturated rings. The van der Waals surface area contributed by atoms with Gasteiger partial charge in [0.25, 0.3) is 0 Å². The number of piperidine rings is 1. The molecule has 3 unspecified atom stereocenters. The molecular weight excluding hydrogens is 178 g/mol. The molecule has 14 heavy (non-hydrogen) atoms. The fraction of sp³-hybridized carbons (Fsp3) is 0.900. The Bertz CT molecular complexity index is 198. The van der Waals surface area contributed by atoms with E-state index in [-0.39, 0.29) is 17.9 Å². The molecule has 1 aliphatic rings. The summed E-state index contributed by atoms with van der Waals surface area (Å²) in [6.45, 7) is 6.73. The minimum atomic E-state index is -0.225. The Morgan fingerprint density at radius 2 is 2.21 bits per heavy atom. The summed E-state index contributed by atoms with van der Waals surface area (Å²) in [5, 5.41) is 0. The normalized spacial score (nSPS) is 31.4. The second kappa shape index (κ2) is 4.75. The maximum Gasteiger partial charge on any atom is 0.221 e. The van der Waals surface area contributed by atoms with Crippen molar-refractivity contribution in [3.8, 4) is 0 Å². The third-order valence-electron chi connectivity index (χ3n) is 2.79. The minimum Gasteiger partial charge on any atom is -0.369 e. The van der Waals surface area contributed by atoms with Crippen molar-refractivity contribution in [3.63, 3.8) is 0 Å². The third kappa shape index (κ3) is 3.27. The van der Waals surface area contributed by atoms with Crippen LogP contribution in [0.25, 0.3) is 0 Å². The lowest BCUT2D eigenvalue weighted by molar-refractivity contribution is -0.122. The molecule has 0 aromatic carbocycles. The van der Waals surface area contributed by atoms with Crippen LogP contribution < -0.4 is 11.5 Å². The van der Waals surface area contributed by atoms with Gasteiger partial charge in [0.15, 0.2) is 0 Å². The lowest BCUT2D eigenvalue weighted by Gasteiger charge is -2.35. The number of amides is 1. The third-order valence-corrected chi connectivity index (χ3v) is 2.79. The minimum absolute atomic E-state index is 0.0764. The summed E-state index contributed by atoms with van der Waals surface area (Å²) in [5.41, 5.74) is 11.1. The number of carbonyl (C=O) groups is 1. The Kier molecular flexibility index (Phi) is 3.89. The van der Waals surface area contributed by atoms with E-state index in [2.05, 4.69) is 11.8 Å². The summed E-state index contributed by atoms with van der Waals surface area (Å²) in [6, 6.07) is 0.249. The van der Waals surface area contributed by atoms with Crippen LogP contribution in [0.5, 0.6) is 0 Å². The molecule has 82 valence electrons. The number of carbonyl (C=O) groups excluding carboxylic acids is 1. The molecule has 0 spiro atoms. The first-order valence-corrected chi connectivity index (χ1v) is 5.26. The number of likely N-dealkylation sites (tertiary alicyclic amines) is 1. The predicted molar refractivity (Wildman–Crippen MR) is 56.6 cm³/mol. The van der Waals surface area contributed by atoms with E-state index < -0.39 is 0 Å². The molecule has 1 heterocycles. The van der Waals surface area contributed by atoms with Crippen molar-refractivity contribution in [2.24, 2.45) is 23.3 Å². The highest BCUT2D eigenvalue weighted by atomic mass is 16.1. The van der Waals surface area contributed by atoms with Crippen molar-refractivity contribution < 1.29 is 4.79 Å². The van der Waals surface area contributed by atoms with E-state index in [1.165, 1.54) is 0 Å². The molecule has 3 atom stereocenters. The van der Waals surface area contributed by atoms with Crippen LogP contribution in [0.4, 0.5) is 0 Å². The maximum absolute atomic E-state index is 10.9. The average molecular weight is 199 g/mol. The van der Waals surface area contributed by atoms with Gasteiger partial charge in [0.05, 0.1) is 0 Å². The molecule has 4 nitrogen and oxygen atoms in total. The van der Waals surface area contributed by atoms with Crippen LogP contribution in [0, 0.1) is 11.8 Å². The standard InChI is InChI=1S/C10H21N3O/c1-7-3-9(11)6-13(4-7)5-8(2)10(12)14/h7-9H,3-6,11H2,1-2H3,(H2,12,14). The highest BCUT2D eigenvalue weighted by Gasteiger charge is 2.24. The van der Waals surface area contributed by atoms with Crippen molar-refractivity contribution in [1.82, 2.24) is 4.90 Å². The number of hydrogen-bond donors (Lipinski definition) is 2. The topological polar surface area (TPSA) is 72.3 Å². The van der Waals surface area contributed by atoms with Gasteiger partial charge >= 0.3 is 0 Å². The van der Waals surface area contributed by atoms with Gasteiger partial charge in [-0.1, -0.05) is 13.8 Å². The van der Waals surface area contributed by atoms with Gasteiger partial charge in [-0.3, -0.25) is 4.79 Å². The van der Waals surface area contributed by atoms with Crippen LogP contribution in [-0.4, -0.2) is 36.5 Å². The first kappa shape index (κ1) is 11.5. The smallest absolute Gasteiger partial charge is 0.221 e. The quantitative estimate of drug-likeness (QED) is 0.660. The van der Waals surface area contributed by atoms with Crippen LogP contribution in [0.2, 0.25) is 0 Å². The monoisotopic (exact) mass is 199 g/mol. The van der Waals surface area contributed by atoms with Crippen molar-refractivity contribution in [2.45, 2.75) is 26.3 Å². The lowest BCUT2D eigenvalue weighted by atomic mass is 9.95. The largest absolute Gasteiger partial charge is 0.369 e. The maximum atomic E-state index is 10.9. The number of rotatable bonds is 3. The van der Waals surface area contributed by atoms with Gasteiger partial charge in [0.2, 0.25) is 5.91 Å². The highest BCUT2D eigenvalue weighted by Crippen LogP contribution is 2.15. The molecule has 1 aliphatic heterocycles. The number of hydrogen-bond acceptors (Lipinski definition) is 3. The zero-order valence-corrected chi connectivity index (χ0v) is 9.07. The molecule has 4 N–H and O–H groups in total. The van der Waals surface area contributed by atoms with E-state index >= 15 is 0 Å². The summed E-state index contributed by atoms with van der Waals surface area (Å²) >= 11 is 0. The molecule has 0 aliphatic carbocycles. The van der Waals surface area contributed by atoms with Crippen LogP contribution in [0.3, 0.4) is 0 Å². The van der Waals surface area contributed by atoms with Crippen molar-refractivity contribution in [1.29, 1.82) is 0 Å². The molecule has 1 rings (SSSR count). The molecule has 0 aromatic rings. The van der Waals surface area contributed by atoms with E-state index in [1.54, 1.807) is 0 Å². The number of primary amides is 1. The number of nitrogens with zero attached hydrogens (tertiary/aromatic N) is 1. The van der Waals surface area contributed by atoms with Crippen molar-refractivity contribution >= 4 is 5.91 Å². The van der Waals surface area contributed by atoms with E-state index in [0.29, 0.717) is 5.92 Å². The molecule has 0 radical (unpaired) electrons. The summed E-state index contributed by atoms with van der Waals surface area (Å²) in [7, 11) is 0. The second-order valence-electron chi connectivity index (χ2n) is 4.62. The van der Waals surface area contributed by atoms with E-state index in [1.807, 2.05) is 6.92 Å². The molecule has 0 saturated carbocycles. The summed E-state index contributed by atoms with van der Waals surface area (Å²) in [4.78, 5) is 13.1. The molecule has 4 heteroatoms. The van der Waals surface area contributed by atoms with Gasteiger partial charge in [0.1, 0.15) is 0 Å². The van der Waals surface area contributed by atoms with Crippen LogP contribution in [0.15, 0.2) is 0 Å². The van der Waals surface area contributed by atoms with E-state index in [4.69, 9.17) is 11.5 Å². The van der Waals surface area contributed by atoms with Crippen molar-refractivity contribution in [2.75, 3.05) is 19.6 Å². The first-order chi connectivity index (χ1) is 6.49. The van der Waals surface area contributed by atoms with E-state index in [9.17, 15) is 4.79 Å². The van der Waals surface area contributed by atoms with Gasteiger partial charge < -0.3 is 16.4 Å². The summed E-state index contributed by atoms with van der Waals surface area (Å²) < 4.78 is 0. The zero-order chi connectivity index (χ0) is 10.7. The van der Waals surface area contributed by atoms with Crippen molar-refractivity contribution in [3.05, 3.63) is 0 Å². The Balaban J connectivity index is 2.40. The Morgan fingerprint density at radius 1 is 1.57 bits per heavy atom. The average Bonchev–Trinajstić information content (AvgIpc) is 2.01. The predicted octanol–water partition coefficient (Wildman–Crippen LogP) is -0.223. The molecule has 0 bridgehead atoms. The lowest BCUT2D eigenvalue weighted by Crippen LogP contribution is -2.48. The van der Waals surface area contributed by atoms with Gasteiger partial charge in [-0.05, 0) is 12.3 Å². The fourth-order valence-corrected chi connectivity index (χ4v) is 2.14.